The lowest BCUT2D eigenvalue weighted by atomic mass is 9.85. The van der Waals surface area contributed by atoms with E-state index in [2.05, 4.69) is 78.0 Å². The molecule has 0 fully saturated rings. The highest BCUT2D eigenvalue weighted by molar-refractivity contribution is 14.0. The van der Waals surface area contributed by atoms with Crippen LogP contribution in [0.4, 0.5) is 0 Å². The monoisotopic (exact) mass is 467 g/mol. The lowest BCUT2D eigenvalue weighted by molar-refractivity contribution is 0.185. The van der Waals surface area contributed by atoms with Crippen molar-refractivity contribution in [2.75, 3.05) is 20.7 Å². The van der Waals surface area contributed by atoms with Gasteiger partial charge in [-0.2, -0.15) is 0 Å². The third-order valence-corrected chi connectivity index (χ3v) is 4.24. The molecule has 0 aliphatic carbocycles. The predicted octanol–water partition coefficient (Wildman–Crippen LogP) is 4.09. The third-order valence-electron chi connectivity index (χ3n) is 4.24. The molecule has 0 radical (unpaired) electrons. The van der Waals surface area contributed by atoms with E-state index in [1.807, 2.05) is 6.07 Å². The van der Waals surface area contributed by atoms with E-state index in [4.69, 9.17) is 4.74 Å². The van der Waals surface area contributed by atoms with Gasteiger partial charge in [0.2, 0.25) is 0 Å². The van der Waals surface area contributed by atoms with Gasteiger partial charge in [0.1, 0.15) is 0 Å². The quantitative estimate of drug-likeness (QED) is 0.366. The van der Waals surface area contributed by atoms with Gasteiger partial charge in [-0.05, 0) is 16.7 Å². The Bertz CT molecular complexity index is 687. The van der Waals surface area contributed by atoms with Crippen LogP contribution in [0.3, 0.4) is 0 Å². The van der Waals surface area contributed by atoms with Gasteiger partial charge in [-0.25, -0.2) is 0 Å². The highest BCUT2D eigenvalue weighted by atomic mass is 127. The first-order valence-electron chi connectivity index (χ1n) is 8.62. The molecule has 0 atom stereocenters. The maximum atomic E-state index is 5.19. The van der Waals surface area contributed by atoms with Crippen molar-refractivity contribution >= 4 is 29.9 Å². The van der Waals surface area contributed by atoms with Crippen LogP contribution in [0.15, 0.2) is 59.6 Å². The van der Waals surface area contributed by atoms with Gasteiger partial charge in [0, 0.05) is 32.7 Å². The van der Waals surface area contributed by atoms with Crippen molar-refractivity contribution in [2.24, 2.45) is 4.99 Å². The molecule has 0 aliphatic heterocycles. The minimum atomic E-state index is 0. The van der Waals surface area contributed by atoms with E-state index < -0.39 is 0 Å². The Morgan fingerprint density at radius 3 is 2.35 bits per heavy atom. The van der Waals surface area contributed by atoms with Crippen molar-refractivity contribution in [1.82, 2.24) is 10.6 Å². The summed E-state index contributed by atoms with van der Waals surface area (Å²) in [5.74, 6) is 0.807. The molecule has 0 spiro atoms. The van der Waals surface area contributed by atoms with E-state index in [0.717, 1.165) is 19.0 Å². The SMILES string of the molecule is CN=C(NCc1cccc(COC)c1)NCC(C)(C)c1ccccc1.I. The van der Waals surface area contributed by atoms with E-state index in [0.29, 0.717) is 6.61 Å². The summed E-state index contributed by atoms with van der Waals surface area (Å²) < 4.78 is 5.19. The average Bonchev–Trinajstić information content (AvgIpc) is 2.63. The van der Waals surface area contributed by atoms with Gasteiger partial charge in [0.25, 0.3) is 0 Å². The summed E-state index contributed by atoms with van der Waals surface area (Å²) in [7, 11) is 3.51. The molecule has 0 saturated carbocycles. The van der Waals surface area contributed by atoms with Gasteiger partial charge in [-0.15, -0.1) is 24.0 Å². The number of guanidine groups is 1. The zero-order valence-electron chi connectivity index (χ0n) is 16.1. The molecule has 26 heavy (non-hydrogen) atoms. The Balaban J connectivity index is 0.00000338. The molecule has 142 valence electrons. The Kier molecular flexibility index (Phi) is 9.65. The minimum Gasteiger partial charge on any atom is -0.380 e. The lowest BCUT2D eigenvalue weighted by Gasteiger charge is -2.26. The van der Waals surface area contributed by atoms with Crippen molar-refractivity contribution in [3.63, 3.8) is 0 Å². The number of halogens is 1. The zero-order valence-corrected chi connectivity index (χ0v) is 18.4. The van der Waals surface area contributed by atoms with Crippen LogP contribution in [0.25, 0.3) is 0 Å². The molecule has 2 aromatic rings. The predicted molar refractivity (Wildman–Crippen MR) is 120 cm³/mol. The Labute approximate surface area is 174 Å². The van der Waals surface area contributed by atoms with Crippen LogP contribution in [0, 0.1) is 0 Å². The number of rotatable bonds is 7. The fraction of sp³-hybridized carbons (Fsp3) is 0.381. The molecule has 0 saturated heterocycles. The number of hydrogen-bond donors (Lipinski definition) is 2. The second kappa shape index (κ2) is 11.2. The zero-order chi connectivity index (χ0) is 18.1. The molecule has 0 aliphatic rings. The largest absolute Gasteiger partial charge is 0.380 e. The van der Waals surface area contributed by atoms with Crippen LogP contribution in [-0.4, -0.2) is 26.7 Å². The molecule has 0 amide bonds. The van der Waals surface area contributed by atoms with Crippen molar-refractivity contribution in [2.45, 2.75) is 32.4 Å². The number of aliphatic imine (C=N–C) groups is 1. The maximum Gasteiger partial charge on any atom is 0.191 e. The summed E-state index contributed by atoms with van der Waals surface area (Å²) in [6.45, 7) is 6.63. The van der Waals surface area contributed by atoms with Crippen molar-refractivity contribution < 1.29 is 4.74 Å². The second-order valence-corrected chi connectivity index (χ2v) is 6.78. The van der Waals surface area contributed by atoms with Crippen molar-refractivity contribution in [3.05, 3.63) is 71.3 Å². The van der Waals surface area contributed by atoms with Crippen LogP contribution in [0.1, 0.15) is 30.5 Å². The van der Waals surface area contributed by atoms with Gasteiger partial charge in [-0.3, -0.25) is 4.99 Å². The van der Waals surface area contributed by atoms with Crippen LogP contribution in [0.5, 0.6) is 0 Å². The first-order valence-corrected chi connectivity index (χ1v) is 8.62. The number of ether oxygens (including phenoxy) is 1. The molecule has 2 N–H and O–H groups in total. The highest BCUT2D eigenvalue weighted by Gasteiger charge is 2.20. The minimum absolute atomic E-state index is 0. The summed E-state index contributed by atoms with van der Waals surface area (Å²) in [4.78, 5) is 4.33. The Morgan fingerprint density at radius 1 is 1.00 bits per heavy atom. The first-order chi connectivity index (χ1) is 12.0. The summed E-state index contributed by atoms with van der Waals surface area (Å²) in [6, 6.07) is 18.9. The second-order valence-electron chi connectivity index (χ2n) is 6.78. The molecular formula is C21H30IN3O. The summed E-state index contributed by atoms with van der Waals surface area (Å²) in [5, 5.41) is 6.81. The van der Waals surface area contributed by atoms with Gasteiger partial charge in [-0.1, -0.05) is 68.4 Å². The molecule has 0 unspecified atom stereocenters. The average molecular weight is 467 g/mol. The van der Waals surface area contributed by atoms with Gasteiger partial charge < -0.3 is 15.4 Å². The molecular weight excluding hydrogens is 437 g/mol. The standard InChI is InChI=1S/C21H29N3O.HI/c1-21(2,19-11-6-5-7-12-19)16-24-20(22-3)23-14-17-9-8-10-18(13-17)15-25-4;/h5-13H,14-16H2,1-4H3,(H2,22,23,24);1H. The van der Waals surface area contributed by atoms with Crippen LogP contribution in [-0.2, 0) is 23.3 Å². The summed E-state index contributed by atoms with van der Waals surface area (Å²) in [5.41, 5.74) is 3.72. The third kappa shape index (κ3) is 6.96. The summed E-state index contributed by atoms with van der Waals surface area (Å²) in [6.07, 6.45) is 0. The lowest BCUT2D eigenvalue weighted by Crippen LogP contribution is -2.43. The van der Waals surface area contributed by atoms with Crippen LogP contribution in [0.2, 0.25) is 0 Å². The van der Waals surface area contributed by atoms with Crippen LogP contribution >= 0.6 is 24.0 Å². The maximum absolute atomic E-state index is 5.19. The van der Waals surface area contributed by atoms with E-state index in [9.17, 15) is 0 Å². The molecule has 0 aromatic heterocycles. The number of benzene rings is 2. The Hall–Kier alpha value is -1.60. The fourth-order valence-electron chi connectivity index (χ4n) is 2.70. The number of nitrogens with one attached hydrogen (secondary N) is 2. The molecule has 5 heteroatoms. The number of hydrogen-bond acceptors (Lipinski definition) is 2. The summed E-state index contributed by atoms with van der Waals surface area (Å²) >= 11 is 0. The topological polar surface area (TPSA) is 45.7 Å². The number of methoxy groups -OCH3 is 1. The fourth-order valence-corrected chi connectivity index (χ4v) is 2.70. The van der Waals surface area contributed by atoms with Crippen molar-refractivity contribution in [1.29, 1.82) is 0 Å². The number of nitrogens with zero attached hydrogens (tertiary/aromatic N) is 1. The van der Waals surface area contributed by atoms with E-state index >= 15 is 0 Å². The molecule has 0 heterocycles. The Morgan fingerprint density at radius 2 is 1.69 bits per heavy atom. The molecule has 2 rings (SSSR count). The highest BCUT2D eigenvalue weighted by Crippen LogP contribution is 2.21. The molecule has 4 nitrogen and oxygen atoms in total. The van der Waals surface area contributed by atoms with Gasteiger partial charge in [0.05, 0.1) is 6.61 Å². The van der Waals surface area contributed by atoms with Gasteiger partial charge in [0.15, 0.2) is 5.96 Å². The van der Waals surface area contributed by atoms with Crippen LogP contribution < -0.4 is 10.6 Å². The van der Waals surface area contributed by atoms with E-state index in [1.54, 1.807) is 14.2 Å². The smallest absolute Gasteiger partial charge is 0.191 e. The van der Waals surface area contributed by atoms with E-state index in [1.165, 1.54) is 16.7 Å². The molecule has 2 aromatic carbocycles. The first kappa shape index (κ1) is 22.4. The van der Waals surface area contributed by atoms with Crippen molar-refractivity contribution in [3.8, 4) is 0 Å². The normalized spacial score (nSPS) is 11.6. The van der Waals surface area contributed by atoms with E-state index in [-0.39, 0.29) is 29.4 Å². The van der Waals surface area contributed by atoms with Gasteiger partial charge >= 0.3 is 0 Å². The molecule has 0 bridgehead atoms.